The fourth-order valence-corrected chi connectivity index (χ4v) is 6.79. The van der Waals surface area contributed by atoms with Crippen molar-refractivity contribution in [2.75, 3.05) is 18.8 Å². The summed E-state index contributed by atoms with van der Waals surface area (Å²) in [6, 6.07) is 9.20. The fourth-order valence-electron chi connectivity index (χ4n) is 5.59. The van der Waals surface area contributed by atoms with Gasteiger partial charge in [0.25, 0.3) is 5.91 Å². The van der Waals surface area contributed by atoms with Gasteiger partial charge in [-0.1, -0.05) is 24.8 Å². The van der Waals surface area contributed by atoms with Gasteiger partial charge in [0.05, 0.1) is 21.7 Å². The first-order valence-electron chi connectivity index (χ1n) is 13.0. The molecule has 3 atom stereocenters. The molecule has 2 aliphatic rings. The summed E-state index contributed by atoms with van der Waals surface area (Å²) in [4.78, 5) is 41.6. The summed E-state index contributed by atoms with van der Waals surface area (Å²) >= 11 is 1.21. The average molecular weight is 548 g/mol. The standard InChI is InChI=1S/C29H33N5O4S/c1-4-21(35)34-13-5-6-17(14-34)33-28(37)26-23-22-19(11-12-20(30)25(22)39-26)29(32,27(36)24(23)31)16-7-9-18(10-8-16)38-15(2)3/h4,7-12,15,17,24H,1,5-6,13-14,30-32H2,2-3H3,(H,33,37). The van der Waals surface area contributed by atoms with E-state index in [0.29, 0.717) is 56.2 Å². The average Bonchev–Trinajstić information content (AvgIpc) is 3.33. The number of nitrogens with zero attached hydrogens (tertiary/aromatic N) is 1. The zero-order valence-corrected chi connectivity index (χ0v) is 22.8. The number of rotatable bonds is 6. The van der Waals surface area contributed by atoms with E-state index in [1.165, 1.54) is 17.4 Å². The van der Waals surface area contributed by atoms with E-state index in [1.54, 1.807) is 41.3 Å². The predicted molar refractivity (Wildman–Crippen MR) is 153 cm³/mol. The molecule has 1 aliphatic carbocycles. The number of carbonyl (C=O) groups excluding carboxylic acids is 3. The van der Waals surface area contributed by atoms with Crippen LogP contribution in [0.1, 0.15) is 59.1 Å². The minimum atomic E-state index is -1.53. The topological polar surface area (TPSA) is 154 Å². The number of nitrogens with one attached hydrogen (secondary N) is 1. The molecule has 2 aromatic carbocycles. The molecule has 0 radical (unpaired) electrons. The van der Waals surface area contributed by atoms with E-state index >= 15 is 0 Å². The molecule has 2 heterocycles. The summed E-state index contributed by atoms with van der Waals surface area (Å²) in [7, 11) is 0. The third kappa shape index (κ3) is 4.48. The van der Waals surface area contributed by atoms with Crippen LogP contribution in [0, 0.1) is 0 Å². The maximum Gasteiger partial charge on any atom is 0.262 e. The van der Waals surface area contributed by atoms with Crippen LogP contribution in [-0.4, -0.2) is 47.7 Å². The number of piperidine rings is 1. The van der Waals surface area contributed by atoms with Gasteiger partial charge in [-0.15, -0.1) is 11.3 Å². The molecule has 1 saturated heterocycles. The first-order chi connectivity index (χ1) is 18.6. The monoisotopic (exact) mass is 547 g/mol. The Hall–Kier alpha value is -3.73. The van der Waals surface area contributed by atoms with Gasteiger partial charge in [-0.05, 0) is 62.1 Å². The van der Waals surface area contributed by atoms with Crippen molar-refractivity contribution in [3.63, 3.8) is 0 Å². The minimum Gasteiger partial charge on any atom is -0.491 e. The van der Waals surface area contributed by atoms with Crippen LogP contribution in [0.25, 0.3) is 10.1 Å². The highest BCUT2D eigenvalue weighted by molar-refractivity contribution is 7.21. The smallest absolute Gasteiger partial charge is 0.262 e. The normalized spacial score (nSPS) is 22.7. The number of ether oxygens (including phenoxy) is 1. The fraction of sp³-hybridized carbons (Fsp3) is 0.345. The molecule has 1 aromatic heterocycles. The van der Waals surface area contributed by atoms with Crippen LogP contribution < -0.4 is 27.3 Å². The number of nitrogens with two attached hydrogens (primary N) is 3. The molecule has 2 amide bonds. The molecule has 204 valence electrons. The summed E-state index contributed by atoms with van der Waals surface area (Å²) in [5.74, 6) is -0.262. The summed E-state index contributed by atoms with van der Waals surface area (Å²) in [5.41, 5.74) is 20.4. The van der Waals surface area contributed by atoms with Crippen LogP contribution in [0.5, 0.6) is 5.75 Å². The lowest BCUT2D eigenvalue weighted by Crippen LogP contribution is -2.53. The van der Waals surface area contributed by atoms with Crippen LogP contribution in [-0.2, 0) is 15.1 Å². The number of benzene rings is 2. The van der Waals surface area contributed by atoms with E-state index in [4.69, 9.17) is 21.9 Å². The molecular weight excluding hydrogens is 514 g/mol. The van der Waals surface area contributed by atoms with Gasteiger partial charge in [-0.25, -0.2) is 0 Å². The number of hydrogen-bond acceptors (Lipinski definition) is 8. The maximum atomic E-state index is 13.9. The number of anilines is 1. The number of nitrogen functional groups attached to an aromatic ring is 1. The quantitative estimate of drug-likeness (QED) is 0.273. The van der Waals surface area contributed by atoms with Gasteiger partial charge in [0.2, 0.25) is 5.91 Å². The summed E-state index contributed by atoms with van der Waals surface area (Å²) in [6.45, 7) is 8.43. The molecule has 10 heteroatoms. The van der Waals surface area contributed by atoms with Crippen LogP contribution in [0.2, 0.25) is 0 Å². The van der Waals surface area contributed by atoms with Crippen molar-refractivity contribution in [1.82, 2.24) is 10.2 Å². The second-order valence-electron chi connectivity index (χ2n) is 10.4. The summed E-state index contributed by atoms with van der Waals surface area (Å²) in [5, 5.41) is 3.69. The largest absolute Gasteiger partial charge is 0.491 e. The van der Waals surface area contributed by atoms with Crippen molar-refractivity contribution >= 4 is 44.7 Å². The van der Waals surface area contributed by atoms with Crippen molar-refractivity contribution in [2.45, 2.75) is 50.4 Å². The van der Waals surface area contributed by atoms with Gasteiger partial charge in [0, 0.05) is 35.8 Å². The van der Waals surface area contributed by atoms with Crippen LogP contribution in [0.4, 0.5) is 5.69 Å². The molecular formula is C29H33N5O4S. The molecule has 3 aromatic rings. The highest BCUT2D eigenvalue weighted by Crippen LogP contribution is 2.49. The number of likely N-dealkylation sites (tertiary alicyclic amines) is 1. The summed E-state index contributed by atoms with van der Waals surface area (Å²) in [6.07, 6.45) is 2.77. The highest BCUT2D eigenvalue weighted by atomic mass is 32.1. The Labute approximate surface area is 231 Å². The lowest BCUT2D eigenvalue weighted by atomic mass is 9.70. The Morgan fingerprint density at radius 1 is 1.23 bits per heavy atom. The van der Waals surface area contributed by atoms with E-state index in [-0.39, 0.29) is 24.0 Å². The van der Waals surface area contributed by atoms with E-state index in [2.05, 4.69) is 11.9 Å². The first kappa shape index (κ1) is 26.9. The van der Waals surface area contributed by atoms with Crippen LogP contribution >= 0.6 is 11.3 Å². The zero-order valence-electron chi connectivity index (χ0n) is 22.0. The number of carbonyl (C=O) groups is 3. The molecule has 1 aliphatic heterocycles. The molecule has 39 heavy (non-hydrogen) atoms. The van der Waals surface area contributed by atoms with Gasteiger partial charge in [-0.3, -0.25) is 14.4 Å². The highest BCUT2D eigenvalue weighted by Gasteiger charge is 2.48. The Morgan fingerprint density at radius 3 is 2.62 bits per heavy atom. The van der Waals surface area contributed by atoms with Crippen molar-refractivity contribution in [3.8, 4) is 5.75 Å². The molecule has 7 N–H and O–H groups in total. The van der Waals surface area contributed by atoms with Gasteiger partial charge >= 0.3 is 0 Å². The van der Waals surface area contributed by atoms with Crippen molar-refractivity contribution in [1.29, 1.82) is 0 Å². The van der Waals surface area contributed by atoms with E-state index in [0.717, 1.165) is 12.8 Å². The lowest BCUT2D eigenvalue weighted by molar-refractivity contribution is -0.127. The number of ketones is 1. The molecule has 0 spiro atoms. The first-order valence-corrected chi connectivity index (χ1v) is 13.8. The third-order valence-corrected chi connectivity index (χ3v) is 8.70. The number of thiophene rings is 1. The Bertz CT molecular complexity index is 1480. The van der Waals surface area contributed by atoms with Crippen LogP contribution in [0.3, 0.4) is 0 Å². The van der Waals surface area contributed by atoms with Gasteiger partial charge in [0.1, 0.15) is 11.3 Å². The second kappa shape index (κ2) is 10.1. The molecule has 9 nitrogen and oxygen atoms in total. The number of hydrogen-bond donors (Lipinski definition) is 4. The van der Waals surface area contributed by atoms with Gasteiger partial charge in [0.15, 0.2) is 5.78 Å². The number of amides is 2. The van der Waals surface area contributed by atoms with E-state index in [1.807, 2.05) is 13.8 Å². The minimum absolute atomic E-state index is 0.00114. The lowest BCUT2D eigenvalue weighted by Gasteiger charge is -2.36. The van der Waals surface area contributed by atoms with Crippen molar-refractivity contribution in [3.05, 3.63) is 70.6 Å². The third-order valence-electron chi connectivity index (χ3n) is 7.44. The van der Waals surface area contributed by atoms with Crippen LogP contribution in [0.15, 0.2) is 49.1 Å². The Balaban J connectivity index is 1.55. The predicted octanol–water partition coefficient (Wildman–Crippen LogP) is 2.96. The number of Topliss-reactive ketones (excluding diaryl/α,β-unsaturated/α-hetero) is 1. The molecule has 3 unspecified atom stereocenters. The zero-order chi connectivity index (χ0) is 28.1. The Kier molecular flexibility index (Phi) is 6.96. The van der Waals surface area contributed by atoms with E-state index in [9.17, 15) is 14.4 Å². The van der Waals surface area contributed by atoms with E-state index < -0.39 is 17.4 Å². The van der Waals surface area contributed by atoms with Crippen molar-refractivity contribution in [2.24, 2.45) is 11.5 Å². The second-order valence-corrected chi connectivity index (χ2v) is 11.4. The molecule has 1 fully saturated rings. The maximum absolute atomic E-state index is 13.9. The van der Waals surface area contributed by atoms with Crippen molar-refractivity contribution < 1.29 is 19.1 Å². The summed E-state index contributed by atoms with van der Waals surface area (Å²) < 4.78 is 6.41. The van der Waals surface area contributed by atoms with Gasteiger partial charge < -0.3 is 32.2 Å². The molecule has 0 saturated carbocycles. The molecule has 0 bridgehead atoms. The Morgan fingerprint density at radius 2 is 1.95 bits per heavy atom. The van der Waals surface area contributed by atoms with Gasteiger partial charge in [-0.2, -0.15) is 0 Å². The molecule has 5 rings (SSSR count). The SMILES string of the molecule is C=CC(=O)N1CCCC(NC(=O)c2sc3c(N)ccc4c3c2C(N)C(=O)C4(N)c2ccc(OC(C)C)cc2)C1.